The number of aromatic nitrogens is 1. The van der Waals surface area contributed by atoms with Gasteiger partial charge in [0.05, 0.1) is 18.8 Å². The van der Waals surface area contributed by atoms with Crippen LogP contribution in [0.2, 0.25) is 0 Å². The zero-order valence-electron chi connectivity index (χ0n) is 12.0. The molecule has 1 amide bonds. The molecule has 1 aliphatic heterocycles. The fourth-order valence-corrected chi connectivity index (χ4v) is 3.70. The number of carbonyl (C=O) groups is 1. The van der Waals surface area contributed by atoms with Crippen LogP contribution in [-0.4, -0.2) is 41.1 Å². The second-order valence-electron chi connectivity index (χ2n) is 6.04. The van der Waals surface area contributed by atoms with E-state index in [1.54, 1.807) is 0 Å². The number of rotatable bonds is 1. The summed E-state index contributed by atoms with van der Waals surface area (Å²) >= 11 is 0. The van der Waals surface area contributed by atoms with E-state index in [1.165, 1.54) is 12.8 Å². The number of amides is 1. The highest BCUT2D eigenvalue weighted by molar-refractivity contribution is 5.98. The van der Waals surface area contributed by atoms with E-state index in [-0.39, 0.29) is 18.1 Å². The molecule has 4 heteroatoms. The van der Waals surface area contributed by atoms with Gasteiger partial charge < -0.3 is 14.6 Å². The van der Waals surface area contributed by atoms with Crippen molar-refractivity contribution in [1.29, 1.82) is 0 Å². The van der Waals surface area contributed by atoms with Crippen molar-refractivity contribution in [3.8, 4) is 0 Å². The summed E-state index contributed by atoms with van der Waals surface area (Å²) < 4.78 is 5.86. The minimum Gasteiger partial charge on any atom is -0.374 e. The maximum Gasteiger partial charge on any atom is 0.254 e. The molecule has 2 aliphatic rings. The summed E-state index contributed by atoms with van der Waals surface area (Å²) in [6, 6.07) is 8.20. The molecule has 2 fully saturated rings. The number of hydrogen-bond donors (Lipinski definition) is 1. The number of aromatic amines is 1. The van der Waals surface area contributed by atoms with Gasteiger partial charge in [0.25, 0.3) is 5.91 Å². The zero-order valence-corrected chi connectivity index (χ0v) is 12.0. The van der Waals surface area contributed by atoms with Gasteiger partial charge in [-0.05, 0) is 36.4 Å². The number of nitrogens with one attached hydrogen (secondary N) is 1. The Balaban J connectivity index is 1.63. The van der Waals surface area contributed by atoms with E-state index in [1.807, 2.05) is 35.4 Å². The van der Waals surface area contributed by atoms with Crippen LogP contribution in [-0.2, 0) is 4.74 Å². The van der Waals surface area contributed by atoms with Crippen LogP contribution in [0.3, 0.4) is 0 Å². The highest BCUT2D eigenvalue weighted by Gasteiger charge is 2.36. The average Bonchev–Trinajstić information content (AvgIpc) is 3.01. The normalized spacial score (nSPS) is 25.8. The van der Waals surface area contributed by atoms with Crippen molar-refractivity contribution in [2.24, 2.45) is 0 Å². The third-order valence-corrected chi connectivity index (χ3v) is 4.79. The van der Waals surface area contributed by atoms with E-state index in [0.717, 1.165) is 29.3 Å². The highest BCUT2D eigenvalue weighted by Crippen LogP contribution is 2.29. The van der Waals surface area contributed by atoms with Crippen LogP contribution in [0.4, 0.5) is 0 Å². The van der Waals surface area contributed by atoms with Gasteiger partial charge in [0.15, 0.2) is 0 Å². The van der Waals surface area contributed by atoms with Gasteiger partial charge in [-0.2, -0.15) is 0 Å². The summed E-state index contributed by atoms with van der Waals surface area (Å²) in [6.45, 7) is 1.38. The highest BCUT2D eigenvalue weighted by atomic mass is 16.5. The quantitative estimate of drug-likeness (QED) is 0.875. The second kappa shape index (κ2) is 5.19. The van der Waals surface area contributed by atoms with Gasteiger partial charge in [-0.25, -0.2) is 0 Å². The molecule has 0 spiro atoms. The number of H-pyrrole nitrogens is 1. The van der Waals surface area contributed by atoms with Crippen molar-refractivity contribution in [3.05, 3.63) is 36.0 Å². The molecule has 1 aliphatic carbocycles. The van der Waals surface area contributed by atoms with Crippen molar-refractivity contribution in [3.63, 3.8) is 0 Å². The Morgan fingerprint density at radius 2 is 2.14 bits per heavy atom. The molecule has 2 atom stereocenters. The minimum absolute atomic E-state index is 0.145. The first-order valence-corrected chi connectivity index (χ1v) is 7.83. The fourth-order valence-electron chi connectivity index (χ4n) is 3.70. The fraction of sp³-hybridized carbons (Fsp3) is 0.471. The van der Waals surface area contributed by atoms with Gasteiger partial charge in [-0.3, -0.25) is 4.79 Å². The number of fused-ring (bicyclic) bond motifs is 2. The average molecular weight is 284 g/mol. The summed E-state index contributed by atoms with van der Waals surface area (Å²) in [5.41, 5.74) is 1.80. The number of ether oxygens (including phenoxy) is 1. The number of morpholine rings is 1. The first kappa shape index (κ1) is 12.9. The Morgan fingerprint density at radius 3 is 3.10 bits per heavy atom. The van der Waals surface area contributed by atoms with Crippen LogP contribution < -0.4 is 0 Å². The first-order chi connectivity index (χ1) is 10.3. The maximum atomic E-state index is 12.9. The molecule has 1 aromatic heterocycles. The molecule has 2 aromatic rings. The van der Waals surface area contributed by atoms with Crippen LogP contribution in [0.5, 0.6) is 0 Å². The van der Waals surface area contributed by atoms with Gasteiger partial charge in [-0.1, -0.05) is 18.9 Å². The van der Waals surface area contributed by atoms with E-state index in [0.29, 0.717) is 13.2 Å². The molecule has 1 N–H and O–H groups in total. The lowest BCUT2D eigenvalue weighted by Gasteiger charge is -2.43. The molecule has 0 radical (unpaired) electrons. The van der Waals surface area contributed by atoms with Crippen LogP contribution in [0.1, 0.15) is 36.0 Å². The monoisotopic (exact) mass is 284 g/mol. The van der Waals surface area contributed by atoms with Crippen LogP contribution in [0.25, 0.3) is 10.9 Å². The van der Waals surface area contributed by atoms with Crippen molar-refractivity contribution in [2.75, 3.05) is 13.2 Å². The largest absolute Gasteiger partial charge is 0.374 e. The lowest BCUT2D eigenvalue weighted by atomic mass is 9.89. The van der Waals surface area contributed by atoms with E-state index in [9.17, 15) is 4.79 Å². The molecule has 2 unspecified atom stereocenters. The van der Waals surface area contributed by atoms with E-state index in [4.69, 9.17) is 4.74 Å². The van der Waals surface area contributed by atoms with Crippen molar-refractivity contribution >= 4 is 16.8 Å². The summed E-state index contributed by atoms with van der Waals surface area (Å²) in [4.78, 5) is 18.1. The lowest BCUT2D eigenvalue weighted by Crippen LogP contribution is -2.54. The van der Waals surface area contributed by atoms with Crippen LogP contribution >= 0.6 is 0 Å². The van der Waals surface area contributed by atoms with E-state index < -0.39 is 0 Å². The number of hydrogen-bond acceptors (Lipinski definition) is 2. The molecule has 4 nitrogen and oxygen atoms in total. The topological polar surface area (TPSA) is 45.3 Å². The Labute approximate surface area is 124 Å². The predicted octanol–water partition coefficient (Wildman–Crippen LogP) is 2.95. The van der Waals surface area contributed by atoms with Gasteiger partial charge >= 0.3 is 0 Å². The number of benzene rings is 1. The third kappa shape index (κ3) is 2.23. The summed E-state index contributed by atoms with van der Waals surface area (Å²) in [5, 5.41) is 1.14. The molecule has 2 heterocycles. The second-order valence-corrected chi connectivity index (χ2v) is 6.04. The Bertz CT molecular complexity index is 662. The first-order valence-electron chi connectivity index (χ1n) is 7.83. The van der Waals surface area contributed by atoms with Crippen molar-refractivity contribution in [1.82, 2.24) is 9.88 Å². The lowest BCUT2D eigenvalue weighted by molar-refractivity contribution is -0.0752. The Kier molecular flexibility index (Phi) is 3.19. The molecule has 0 bridgehead atoms. The standard InChI is InChI=1S/C17H20N2O2/c20-17(13-6-5-12-7-8-18-14(12)11-13)19-9-10-21-16-4-2-1-3-15(16)19/h5-8,11,15-16,18H,1-4,9-10H2. The molecule has 4 rings (SSSR count). The Morgan fingerprint density at radius 1 is 1.24 bits per heavy atom. The SMILES string of the molecule is O=C(c1ccc2cc[nH]c2c1)N1CCOC2CCCCC21. The minimum atomic E-state index is 0.145. The number of nitrogens with zero attached hydrogens (tertiary/aromatic N) is 1. The molecular formula is C17H20N2O2. The van der Waals surface area contributed by atoms with Crippen molar-refractivity contribution < 1.29 is 9.53 Å². The van der Waals surface area contributed by atoms with Crippen LogP contribution in [0, 0.1) is 0 Å². The summed E-state index contributed by atoms with van der Waals surface area (Å²) in [7, 11) is 0. The summed E-state index contributed by atoms with van der Waals surface area (Å²) in [6.07, 6.45) is 6.73. The molecule has 110 valence electrons. The number of carbonyl (C=O) groups excluding carboxylic acids is 1. The Hall–Kier alpha value is -1.81. The zero-order chi connectivity index (χ0) is 14.2. The van der Waals surface area contributed by atoms with Gasteiger partial charge in [0.2, 0.25) is 0 Å². The predicted molar refractivity (Wildman–Crippen MR) is 81.3 cm³/mol. The van der Waals surface area contributed by atoms with Gasteiger partial charge in [0.1, 0.15) is 0 Å². The molecule has 1 saturated heterocycles. The summed E-state index contributed by atoms with van der Waals surface area (Å²) in [5.74, 6) is 0.145. The molecule has 21 heavy (non-hydrogen) atoms. The van der Waals surface area contributed by atoms with Gasteiger partial charge in [-0.15, -0.1) is 0 Å². The van der Waals surface area contributed by atoms with Crippen LogP contribution in [0.15, 0.2) is 30.5 Å². The van der Waals surface area contributed by atoms with Gasteiger partial charge in [0, 0.05) is 23.8 Å². The van der Waals surface area contributed by atoms with E-state index >= 15 is 0 Å². The molecule has 1 aromatic carbocycles. The maximum absolute atomic E-state index is 12.9. The third-order valence-electron chi connectivity index (χ3n) is 4.79. The van der Waals surface area contributed by atoms with Crippen molar-refractivity contribution in [2.45, 2.75) is 37.8 Å². The van der Waals surface area contributed by atoms with E-state index in [2.05, 4.69) is 4.98 Å². The molecule has 1 saturated carbocycles. The molecular weight excluding hydrogens is 264 g/mol. The smallest absolute Gasteiger partial charge is 0.254 e.